The van der Waals surface area contributed by atoms with Gasteiger partial charge in [-0.05, 0) is 37.3 Å². The van der Waals surface area contributed by atoms with E-state index in [1.54, 1.807) is 12.1 Å². The Hall–Kier alpha value is -2.67. The summed E-state index contributed by atoms with van der Waals surface area (Å²) in [6, 6.07) is 12.6. The van der Waals surface area contributed by atoms with Crippen LogP contribution in [0, 0.1) is 24.1 Å². The van der Waals surface area contributed by atoms with Gasteiger partial charge in [0.25, 0.3) is 5.91 Å². The number of carbonyl (C=O) groups is 1. The van der Waals surface area contributed by atoms with E-state index in [9.17, 15) is 9.18 Å². The molecule has 2 aromatic rings. The summed E-state index contributed by atoms with van der Waals surface area (Å²) in [5, 5.41) is 11.4. The van der Waals surface area contributed by atoms with Gasteiger partial charge in [-0.25, -0.2) is 4.39 Å². The topological polar surface area (TPSA) is 52.9 Å². The quantitative estimate of drug-likeness (QED) is 0.894. The molecule has 0 aromatic heterocycles. The van der Waals surface area contributed by atoms with Crippen LogP contribution >= 0.6 is 0 Å². The fourth-order valence-electron chi connectivity index (χ4n) is 1.63. The van der Waals surface area contributed by atoms with Gasteiger partial charge < -0.3 is 5.32 Å². The summed E-state index contributed by atoms with van der Waals surface area (Å²) in [7, 11) is 0. The first-order chi connectivity index (χ1) is 9.08. The number of hydrogen-bond donors (Lipinski definition) is 1. The van der Waals surface area contributed by atoms with E-state index in [1.165, 1.54) is 6.07 Å². The smallest absolute Gasteiger partial charge is 0.255 e. The Kier molecular flexibility index (Phi) is 3.58. The van der Waals surface area contributed by atoms with Crippen LogP contribution in [-0.2, 0) is 0 Å². The average Bonchev–Trinajstić information content (AvgIpc) is 2.40. The number of amides is 1. The first kappa shape index (κ1) is 12.8. The first-order valence-corrected chi connectivity index (χ1v) is 5.67. The molecule has 4 heteroatoms. The fraction of sp³-hybridized carbons (Fsp3) is 0.0667. The summed E-state index contributed by atoms with van der Waals surface area (Å²) in [6.45, 7) is 1.94. The predicted octanol–water partition coefficient (Wildman–Crippen LogP) is 3.26. The van der Waals surface area contributed by atoms with Crippen LogP contribution in [0.25, 0.3) is 0 Å². The van der Waals surface area contributed by atoms with E-state index in [4.69, 9.17) is 5.26 Å². The number of halogens is 1. The Morgan fingerprint density at radius 2 is 1.89 bits per heavy atom. The lowest BCUT2D eigenvalue weighted by Crippen LogP contribution is -2.12. The van der Waals surface area contributed by atoms with Crippen LogP contribution in [0.4, 0.5) is 10.1 Å². The van der Waals surface area contributed by atoms with Crippen molar-refractivity contribution in [2.75, 3.05) is 5.32 Å². The minimum atomic E-state index is -0.604. The monoisotopic (exact) mass is 254 g/mol. The van der Waals surface area contributed by atoms with Crippen molar-refractivity contribution < 1.29 is 9.18 Å². The second-order valence-corrected chi connectivity index (χ2v) is 4.16. The zero-order chi connectivity index (χ0) is 13.8. The summed E-state index contributed by atoms with van der Waals surface area (Å²) in [5.41, 5.74) is 1.94. The molecule has 0 spiro atoms. The van der Waals surface area contributed by atoms with Crippen LogP contribution in [-0.4, -0.2) is 5.91 Å². The third-order valence-electron chi connectivity index (χ3n) is 2.60. The SMILES string of the molecule is Cc1ccc(NC(=O)c2cc(F)cc(C#N)c2)cc1. The summed E-state index contributed by atoms with van der Waals surface area (Å²) in [5.74, 6) is -1.05. The number of aryl methyl sites for hydroxylation is 1. The van der Waals surface area contributed by atoms with Gasteiger partial charge in [0.15, 0.2) is 0 Å². The van der Waals surface area contributed by atoms with Crippen molar-refractivity contribution in [1.82, 2.24) is 0 Å². The zero-order valence-electron chi connectivity index (χ0n) is 10.3. The van der Waals surface area contributed by atoms with Gasteiger partial charge in [-0.3, -0.25) is 4.79 Å². The third kappa shape index (κ3) is 3.17. The minimum Gasteiger partial charge on any atom is -0.322 e. The molecule has 0 fully saturated rings. The lowest BCUT2D eigenvalue weighted by Gasteiger charge is -2.06. The summed E-state index contributed by atoms with van der Waals surface area (Å²) in [6.07, 6.45) is 0. The van der Waals surface area contributed by atoms with Gasteiger partial charge in [-0.1, -0.05) is 17.7 Å². The third-order valence-corrected chi connectivity index (χ3v) is 2.60. The molecule has 2 aromatic carbocycles. The molecule has 0 aliphatic heterocycles. The van der Waals surface area contributed by atoms with Crippen molar-refractivity contribution in [1.29, 1.82) is 5.26 Å². The van der Waals surface area contributed by atoms with Crippen LogP contribution in [0.5, 0.6) is 0 Å². The number of anilines is 1. The van der Waals surface area contributed by atoms with Crippen molar-refractivity contribution in [3.63, 3.8) is 0 Å². The Labute approximate surface area is 110 Å². The molecule has 94 valence electrons. The number of nitriles is 1. The van der Waals surface area contributed by atoms with Gasteiger partial charge in [0.1, 0.15) is 5.82 Å². The highest BCUT2D eigenvalue weighted by atomic mass is 19.1. The molecule has 0 saturated heterocycles. The lowest BCUT2D eigenvalue weighted by atomic mass is 10.1. The van der Waals surface area contributed by atoms with Crippen molar-refractivity contribution in [3.05, 3.63) is 65.0 Å². The maximum Gasteiger partial charge on any atom is 0.255 e. The number of nitrogens with zero attached hydrogens (tertiary/aromatic N) is 1. The van der Waals surface area contributed by atoms with E-state index >= 15 is 0 Å². The minimum absolute atomic E-state index is 0.119. The molecule has 0 atom stereocenters. The highest BCUT2D eigenvalue weighted by Crippen LogP contribution is 2.13. The van der Waals surface area contributed by atoms with Gasteiger partial charge in [0, 0.05) is 11.3 Å². The van der Waals surface area contributed by atoms with Crippen molar-refractivity contribution in [2.24, 2.45) is 0 Å². The Morgan fingerprint density at radius 1 is 1.21 bits per heavy atom. The van der Waals surface area contributed by atoms with Crippen LogP contribution < -0.4 is 5.32 Å². The highest BCUT2D eigenvalue weighted by molar-refractivity contribution is 6.04. The number of benzene rings is 2. The van der Waals surface area contributed by atoms with E-state index in [2.05, 4.69) is 5.32 Å². The fourth-order valence-corrected chi connectivity index (χ4v) is 1.63. The Morgan fingerprint density at radius 3 is 2.53 bits per heavy atom. The molecular formula is C15H11FN2O. The summed E-state index contributed by atoms with van der Waals surface area (Å²) in [4.78, 5) is 11.9. The molecule has 0 aliphatic rings. The molecule has 3 nitrogen and oxygen atoms in total. The highest BCUT2D eigenvalue weighted by Gasteiger charge is 2.09. The van der Waals surface area contributed by atoms with E-state index in [0.717, 1.165) is 17.7 Å². The average molecular weight is 254 g/mol. The van der Waals surface area contributed by atoms with Crippen molar-refractivity contribution in [3.8, 4) is 6.07 Å². The molecule has 0 saturated carbocycles. The zero-order valence-corrected chi connectivity index (χ0v) is 10.3. The predicted molar refractivity (Wildman–Crippen MR) is 70.2 cm³/mol. The van der Waals surface area contributed by atoms with E-state index in [-0.39, 0.29) is 11.1 Å². The van der Waals surface area contributed by atoms with Gasteiger partial charge in [0.2, 0.25) is 0 Å². The van der Waals surface area contributed by atoms with Crippen molar-refractivity contribution >= 4 is 11.6 Å². The molecule has 0 radical (unpaired) electrons. The van der Waals surface area contributed by atoms with Gasteiger partial charge in [-0.2, -0.15) is 5.26 Å². The molecule has 19 heavy (non-hydrogen) atoms. The van der Waals surface area contributed by atoms with Gasteiger partial charge >= 0.3 is 0 Å². The van der Waals surface area contributed by atoms with Gasteiger partial charge in [0.05, 0.1) is 11.6 Å². The Bertz CT molecular complexity index is 657. The maximum atomic E-state index is 13.2. The molecule has 1 amide bonds. The number of rotatable bonds is 2. The van der Waals surface area contributed by atoms with Crippen molar-refractivity contribution in [2.45, 2.75) is 6.92 Å². The van der Waals surface area contributed by atoms with Crippen LogP contribution in [0.3, 0.4) is 0 Å². The Balaban J connectivity index is 2.23. The van der Waals surface area contributed by atoms with Crippen LogP contribution in [0.1, 0.15) is 21.5 Å². The normalized spacial score (nSPS) is 9.74. The van der Waals surface area contributed by atoms with E-state index in [0.29, 0.717) is 5.69 Å². The lowest BCUT2D eigenvalue weighted by molar-refractivity contribution is 0.102. The number of nitrogens with one attached hydrogen (secondary N) is 1. The summed E-state index contributed by atoms with van der Waals surface area (Å²) >= 11 is 0. The maximum absolute atomic E-state index is 13.2. The molecule has 0 heterocycles. The molecule has 2 rings (SSSR count). The molecule has 0 bridgehead atoms. The van der Waals surface area contributed by atoms with E-state index < -0.39 is 11.7 Å². The van der Waals surface area contributed by atoms with E-state index in [1.807, 2.05) is 25.1 Å². The molecule has 1 N–H and O–H groups in total. The van der Waals surface area contributed by atoms with Crippen LogP contribution in [0.15, 0.2) is 42.5 Å². The number of hydrogen-bond acceptors (Lipinski definition) is 2. The molecule has 0 aliphatic carbocycles. The largest absolute Gasteiger partial charge is 0.322 e. The number of carbonyl (C=O) groups excluding carboxylic acids is 1. The standard InChI is InChI=1S/C15H11FN2O/c1-10-2-4-14(5-3-10)18-15(19)12-6-11(9-17)7-13(16)8-12/h2-8H,1H3,(H,18,19). The van der Waals surface area contributed by atoms with Gasteiger partial charge in [-0.15, -0.1) is 0 Å². The van der Waals surface area contributed by atoms with Crippen LogP contribution in [0.2, 0.25) is 0 Å². The second kappa shape index (κ2) is 5.32. The first-order valence-electron chi connectivity index (χ1n) is 5.67. The second-order valence-electron chi connectivity index (χ2n) is 4.16. The molecular weight excluding hydrogens is 243 g/mol. The molecule has 0 unspecified atom stereocenters. The summed E-state index contributed by atoms with van der Waals surface area (Å²) < 4.78 is 13.2.